The molecule has 0 bridgehead atoms. The number of imidazole rings is 1. The van der Waals surface area contributed by atoms with Crippen molar-refractivity contribution in [2.75, 3.05) is 12.8 Å². The van der Waals surface area contributed by atoms with E-state index < -0.39 is 10.0 Å². The molecule has 0 aliphatic rings. The van der Waals surface area contributed by atoms with E-state index in [1.165, 1.54) is 7.05 Å². The van der Waals surface area contributed by atoms with Gasteiger partial charge in [-0.05, 0) is 0 Å². The number of aromatic amines is 1. The van der Waals surface area contributed by atoms with Crippen LogP contribution in [0.3, 0.4) is 0 Å². The second kappa shape index (κ2) is 4.69. The molecule has 0 amide bonds. The van der Waals surface area contributed by atoms with Gasteiger partial charge >= 0.3 is 0 Å². The minimum Gasteiger partial charge on any atom is -0.392 e. The fraction of sp³-hybridized carbons (Fsp3) is 0.429. The van der Waals surface area contributed by atoms with E-state index in [9.17, 15) is 8.42 Å². The normalized spacial score (nSPS) is 11.9. The Morgan fingerprint density at radius 1 is 1.73 bits per heavy atom. The number of nitrogens with two attached hydrogens (primary N) is 1. The highest BCUT2D eigenvalue weighted by molar-refractivity contribution is 7.92. The molecule has 0 aliphatic carbocycles. The minimum absolute atomic E-state index is 0.0405. The van der Waals surface area contributed by atoms with E-state index in [0.717, 1.165) is 4.31 Å². The summed E-state index contributed by atoms with van der Waals surface area (Å²) in [5.41, 5.74) is 5.19. The van der Waals surface area contributed by atoms with Crippen LogP contribution in [0.1, 0.15) is 5.82 Å². The average molecular weight is 248 g/mol. The molecule has 0 unspecified atom stereocenters. The standard InChI is InChI=1S/C7H12N4O2S2/c1-11(4-7-9-2-3-10-7)15(12,13)5-6(8)14/h2-3H,4-5H2,1H3,(H2,8,14)(H,9,10). The van der Waals surface area contributed by atoms with Crippen LogP contribution in [0.5, 0.6) is 0 Å². The fourth-order valence-electron chi connectivity index (χ4n) is 0.984. The lowest BCUT2D eigenvalue weighted by molar-refractivity contribution is 0.461. The molecular weight excluding hydrogens is 236 g/mol. The number of aromatic nitrogens is 2. The second-order valence-electron chi connectivity index (χ2n) is 3.01. The first kappa shape index (κ1) is 12.1. The summed E-state index contributed by atoms with van der Waals surface area (Å²) >= 11 is 4.56. The molecule has 3 N–H and O–H groups in total. The second-order valence-corrected chi connectivity index (χ2v) is 5.61. The Labute approximate surface area is 93.5 Å². The van der Waals surface area contributed by atoms with Gasteiger partial charge in [-0.15, -0.1) is 0 Å². The molecule has 1 aromatic rings. The van der Waals surface area contributed by atoms with Gasteiger partial charge < -0.3 is 10.7 Å². The third-order valence-corrected chi connectivity index (χ3v) is 3.81. The number of H-pyrrole nitrogens is 1. The summed E-state index contributed by atoms with van der Waals surface area (Å²) in [5.74, 6) is 0.253. The number of sulfonamides is 1. The molecular formula is C7H12N4O2S2. The predicted molar refractivity (Wildman–Crippen MR) is 60.6 cm³/mol. The molecule has 84 valence electrons. The van der Waals surface area contributed by atoms with E-state index in [1.807, 2.05) is 0 Å². The molecule has 0 fully saturated rings. The van der Waals surface area contributed by atoms with Crippen molar-refractivity contribution >= 4 is 27.2 Å². The van der Waals surface area contributed by atoms with Crippen LogP contribution in [0.4, 0.5) is 0 Å². The molecule has 0 atom stereocenters. The lowest BCUT2D eigenvalue weighted by Crippen LogP contribution is -2.34. The van der Waals surface area contributed by atoms with Crippen LogP contribution in [0.2, 0.25) is 0 Å². The Bertz CT molecular complexity index is 426. The first-order chi connectivity index (χ1) is 6.92. The van der Waals surface area contributed by atoms with Crippen molar-refractivity contribution in [1.29, 1.82) is 0 Å². The van der Waals surface area contributed by atoms with Gasteiger partial charge in [-0.25, -0.2) is 13.4 Å². The fourth-order valence-corrected chi connectivity index (χ4v) is 2.33. The zero-order valence-corrected chi connectivity index (χ0v) is 9.81. The minimum atomic E-state index is -3.43. The Kier molecular flexibility index (Phi) is 3.77. The predicted octanol–water partition coefficient (Wildman–Crippen LogP) is -0.543. The van der Waals surface area contributed by atoms with Crippen LogP contribution in [0.15, 0.2) is 12.4 Å². The number of nitrogens with one attached hydrogen (secondary N) is 1. The van der Waals surface area contributed by atoms with Crippen molar-refractivity contribution < 1.29 is 8.42 Å². The monoisotopic (exact) mass is 248 g/mol. The van der Waals surface area contributed by atoms with E-state index in [1.54, 1.807) is 12.4 Å². The van der Waals surface area contributed by atoms with E-state index in [2.05, 4.69) is 22.2 Å². The zero-order valence-electron chi connectivity index (χ0n) is 8.17. The van der Waals surface area contributed by atoms with E-state index in [4.69, 9.17) is 5.73 Å². The molecule has 0 saturated heterocycles. The SMILES string of the molecule is CN(Cc1ncc[nH]1)S(=O)(=O)CC(N)=S. The summed E-state index contributed by atoms with van der Waals surface area (Å²) in [7, 11) is -1.97. The van der Waals surface area contributed by atoms with Gasteiger partial charge in [0.25, 0.3) is 0 Å². The summed E-state index contributed by atoms with van der Waals surface area (Å²) < 4.78 is 24.3. The Balaban J connectivity index is 2.68. The van der Waals surface area contributed by atoms with Crippen LogP contribution >= 0.6 is 12.2 Å². The largest absolute Gasteiger partial charge is 0.392 e. The molecule has 8 heteroatoms. The van der Waals surface area contributed by atoms with Crippen LogP contribution in [0, 0.1) is 0 Å². The number of hydrogen-bond donors (Lipinski definition) is 2. The molecule has 0 aromatic carbocycles. The summed E-state index contributed by atoms with van der Waals surface area (Å²) in [6.07, 6.45) is 3.19. The number of rotatable bonds is 5. The first-order valence-electron chi connectivity index (χ1n) is 4.12. The number of thiocarbonyl (C=S) groups is 1. The smallest absolute Gasteiger partial charge is 0.220 e. The molecule has 15 heavy (non-hydrogen) atoms. The third-order valence-electron chi connectivity index (χ3n) is 1.73. The maximum atomic E-state index is 11.6. The summed E-state index contributed by atoms with van der Waals surface area (Å²) in [5, 5.41) is 0. The number of hydrogen-bond acceptors (Lipinski definition) is 4. The van der Waals surface area contributed by atoms with Crippen LogP contribution in [0.25, 0.3) is 0 Å². The van der Waals surface area contributed by atoms with E-state index in [0.29, 0.717) is 5.82 Å². The van der Waals surface area contributed by atoms with Gasteiger partial charge in [0, 0.05) is 19.4 Å². The van der Waals surface area contributed by atoms with Crippen LogP contribution < -0.4 is 5.73 Å². The summed E-state index contributed by atoms with van der Waals surface area (Å²) in [6.45, 7) is 0.179. The highest BCUT2D eigenvalue weighted by Gasteiger charge is 2.19. The molecule has 6 nitrogen and oxygen atoms in total. The van der Waals surface area contributed by atoms with Gasteiger partial charge in [0.2, 0.25) is 10.0 Å². The third kappa shape index (κ3) is 3.57. The Hall–Kier alpha value is -0.990. The zero-order chi connectivity index (χ0) is 11.5. The first-order valence-corrected chi connectivity index (χ1v) is 6.14. The van der Waals surface area contributed by atoms with Crippen molar-refractivity contribution in [3.8, 4) is 0 Å². The topological polar surface area (TPSA) is 92.1 Å². The molecule has 0 spiro atoms. The van der Waals surface area contributed by atoms with Gasteiger partial charge in [-0.3, -0.25) is 0 Å². The molecule has 1 aromatic heterocycles. The van der Waals surface area contributed by atoms with Crippen molar-refractivity contribution in [3.63, 3.8) is 0 Å². The van der Waals surface area contributed by atoms with Crippen molar-refractivity contribution in [1.82, 2.24) is 14.3 Å². The maximum absolute atomic E-state index is 11.6. The molecule has 0 saturated carbocycles. The summed E-state index contributed by atoms with van der Waals surface area (Å²) in [4.78, 5) is 6.69. The molecule has 1 rings (SSSR count). The van der Waals surface area contributed by atoms with Crippen molar-refractivity contribution in [2.45, 2.75) is 6.54 Å². The van der Waals surface area contributed by atoms with Crippen LogP contribution in [-0.4, -0.2) is 40.5 Å². The van der Waals surface area contributed by atoms with Crippen LogP contribution in [-0.2, 0) is 16.6 Å². The highest BCUT2D eigenvalue weighted by atomic mass is 32.2. The molecule has 1 heterocycles. The molecule has 0 aliphatic heterocycles. The van der Waals surface area contributed by atoms with Gasteiger partial charge in [0.15, 0.2) is 0 Å². The van der Waals surface area contributed by atoms with E-state index >= 15 is 0 Å². The van der Waals surface area contributed by atoms with Crippen molar-refractivity contribution in [2.24, 2.45) is 5.73 Å². The Morgan fingerprint density at radius 3 is 2.87 bits per heavy atom. The van der Waals surface area contributed by atoms with Gasteiger partial charge in [-0.2, -0.15) is 4.31 Å². The van der Waals surface area contributed by atoms with Gasteiger partial charge in [-0.1, -0.05) is 12.2 Å². The Morgan fingerprint density at radius 2 is 2.40 bits per heavy atom. The van der Waals surface area contributed by atoms with Gasteiger partial charge in [0.1, 0.15) is 11.6 Å². The quantitative estimate of drug-likeness (QED) is 0.683. The number of nitrogens with zero attached hydrogens (tertiary/aromatic N) is 2. The summed E-state index contributed by atoms with van der Waals surface area (Å²) in [6, 6.07) is 0. The van der Waals surface area contributed by atoms with E-state index in [-0.39, 0.29) is 17.3 Å². The lowest BCUT2D eigenvalue weighted by Gasteiger charge is -2.14. The van der Waals surface area contributed by atoms with Crippen molar-refractivity contribution in [3.05, 3.63) is 18.2 Å². The lowest BCUT2D eigenvalue weighted by atomic mass is 10.6. The van der Waals surface area contributed by atoms with Gasteiger partial charge in [0.05, 0.1) is 11.5 Å². The average Bonchev–Trinajstić information content (AvgIpc) is 2.54. The highest BCUT2D eigenvalue weighted by Crippen LogP contribution is 2.03. The maximum Gasteiger partial charge on any atom is 0.220 e. The molecule has 0 radical (unpaired) electrons.